The fourth-order valence-corrected chi connectivity index (χ4v) is 3.55. The number of benzene rings is 2. The molecule has 26 heavy (non-hydrogen) atoms. The Balaban J connectivity index is 1.79. The number of rotatable bonds is 4. The zero-order valence-corrected chi connectivity index (χ0v) is 15.0. The number of nitrogens with zero attached hydrogens (tertiary/aromatic N) is 1. The lowest BCUT2D eigenvalue weighted by Gasteiger charge is -2.38. The van der Waals surface area contributed by atoms with Crippen LogP contribution in [0, 0.1) is 18.7 Å². The Hall–Kier alpha value is -2.69. The number of carbonyl (C=O) groups excluding carboxylic acids is 2. The van der Waals surface area contributed by atoms with Crippen LogP contribution in [-0.4, -0.2) is 23.8 Å². The molecule has 0 aliphatic carbocycles. The number of hydrogen-bond donors (Lipinski definition) is 1. The Bertz CT molecular complexity index is 804. The van der Waals surface area contributed by atoms with Crippen molar-refractivity contribution in [1.29, 1.82) is 0 Å². The van der Waals surface area contributed by atoms with Crippen molar-refractivity contribution in [1.82, 2.24) is 10.2 Å². The second kappa shape index (κ2) is 7.68. The van der Waals surface area contributed by atoms with E-state index in [1.807, 2.05) is 31.2 Å². The van der Waals surface area contributed by atoms with E-state index in [1.165, 1.54) is 12.1 Å². The molecule has 3 rings (SSSR count). The highest BCUT2D eigenvalue weighted by Gasteiger charge is 2.38. The highest BCUT2D eigenvalue weighted by molar-refractivity contribution is 5.84. The van der Waals surface area contributed by atoms with Gasteiger partial charge in [0.05, 0.1) is 12.0 Å². The lowest BCUT2D eigenvalue weighted by molar-refractivity contribution is -0.141. The van der Waals surface area contributed by atoms with Crippen molar-refractivity contribution >= 4 is 11.8 Å². The van der Waals surface area contributed by atoms with E-state index in [1.54, 1.807) is 24.1 Å². The predicted octanol–water partition coefficient (Wildman–Crippen LogP) is 3.36. The van der Waals surface area contributed by atoms with Crippen molar-refractivity contribution < 1.29 is 14.0 Å². The maximum Gasteiger partial charge on any atom is 0.225 e. The average molecular weight is 354 g/mol. The number of amides is 2. The van der Waals surface area contributed by atoms with Gasteiger partial charge in [-0.25, -0.2) is 4.39 Å². The van der Waals surface area contributed by atoms with E-state index in [0.29, 0.717) is 19.4 Å². The molecule has 1 saturated heterocycles. The maximum absolute atomic E-state index is 13.3. The van der Waals surface area contributed by atoms with Crippen LogP contribution in [0.4, 0.5) is 4.39 Å². The van der Waals surface area contributed by atoms with Crippen LogP contribution in [0.2, 0.25) is 0 Å². The minimum Gasteiger partial charge on any atom is -0.352 e. The van der Waals surface area contributed by atoms with Crippen LogP contribution < -0.4 is 5.32 Å². The molecule has 0 spiro atoms. The van der Waals surface area contributed by atoms with Gasteiger partial charge < -0.3 is 10.2 Å². The van der Waals surface area contributed by atoms with Gasteiger partial charge >= 0.3 is 0 Å². The first-order chi connectivity index (χ1) is 12.5. The van der Waals surface area contributed by atoms with Crippen LogP contribution in [0.3, 0.4) is 0 Å². The molecular weight excluding hydrogens is 331 g/mol. The highest BCUT2D eigenvalue weighted by Crippen LogP contribution is 2.36. The molecule has 1 heterocycles. The van der Waals surface area contributed by atoms with Crippen molar-refractivity contribution in [2.45, 2.75) is 32.4 Å². The Morgan fingerprint density at radius 3 is 2.58 bits per heavy atom. The molecule has 0 bridgehead atoms. The van der Waals surface area contributed by atoms with Crippen LogP contribution in [0.1, 0.15) is 35.6 Å². The molecule has 136 valence electrons. The molecule has 2 amide bonds. The van der Waals surface area contributed by atoms with E-state index in [2.05, 4.69) is 5.32 Å². The topological polar surface area (TPSA) is 49.4 Å². The standard InChI is InChI=1S/C21H23FN2O2/c1-14-5-3-4-6-16(14)13-23-21(26)18-11-12-19(25)24(2)20(18)15-7-9-17(22)10-8-15/h3-10,18,20H,11-13H2,1-2H3,(H,23,26)/t18-,20-/m0/s1. The molecule has 1 aliphatic rings. The summed E-state index contributed by atoms with van der Waals surface area (Å²) in [5.74, 6) is -0.768. The number of halogens is 1. The molecule has 4 nitrogen and oxygen atoms in total. The molecule has 1 N–H and O–H groups in total. The average Bonchev–Trinajstić information content (AvgIpc) is 2.64. The Labute approximate surface area is 153 Å². The number of likely N-dealkylation sites (tertiary alicyclic amines) is 1. The van der Waals surface area contributed by atoms with Gasteiger partial charge in [-0.15, -0.1) is 0 Å². The number of hydrogen-bond acceptors (Lipinski definition) is 2. The fraction of sp³-hybridized carbons (Fsp3) is 0.333. The molecule has 2 aromatic rings. The van der Waals surface area contributed by atoms with Gasteiger partial charge in [0.1, 0.15) is 5.82 Å². The van der Waals surface area contributed by atoms with Gasteiger partial charge in [0.2, 0.25) is 11.8 Å². The van der Waals surface area contributed by atoms with E-state index < -0.39 is 0 Å². The summed E-state index contributed by atoms with van der Waals surface area (Å²) >= 11 is 0. The van der Waals surface area contributed by atoms with Crippen LogP contribution in [0.25, 0.3) is 0 Å². The second-order valence-corrected chi connectivity index (χ2v) is 6.79. The molecule has 2 atom stereocenters. The maximum atomic E-state index is 13.3. The van der Waals surface area contributed by atoms with Crippen molar-refractivity contribution in [2.75, 3.05) is 7.05 Å². The Kier molecular flexibility index (Phi) is 5.35. The fourth-order valence-electron chi connectivity index (χ4n) is 3.55. The first kappa shape index (κ1) is 18.1. The summed E-state index contributed by atoms with van der Waals surface area (Å²) in [6, 6.07) is 13.6. The van der Waals surface area contributed by atoms with Crippen molar-refractivity contribution in [3.05, 3.63) is 71.0 Å². The Morgan fingerprint density at radius 2 is 1.88 bits per heavy atom. The molecule has 0 radical (unpaired) electrons. The monoisotopic (exact) mass is 354 g/mol. The zero-order chi connectivity index (χ0) is 18.7. The molecule has 1 aliphatic heterocycles. The Morgan fingerprint density at radius 1 is 1.19 bits per heavy atom. The summed E-state index contributed by atoms with van der Waals surface area (Å²) < 4.78 is 13.3. The van der Waals surface area contributed by atoms with E-state index >= 15 is 0 Å². The molecule has 2 aromatic carbocycles. The summed E-state index contributed by atoms with van der Waals surface area (Å²) in [5.41, 5.74) is 2.97. The largest absolute Gasteiger partial charge is 0.352 e. The normalized spacial score (nSPS) is 20.1. The third-order valence-corrected chi connectivity index (χ3v) is 5.12. The third kappa shape index (κ3) is 3.77. The van der Waals surface area contributed by atoms with Gasteiger partial charge in [-0.3, -0.25) is 9.59 Å². The summed E-state index contributed by atoms with van der Waals surface area (Å²) in [5, 5.41) is 3.01. The minimum absolute atomic E-state index is 0.00211. The highest BCUT2D eigenvalue weighted by atomic mass is 19.1. The van der Waals surface area contributed by atoms with Crippen molar-refractivity contribution in [3.8, 4) is 0 Å². The SMILES string of the molecule is Cc1ccccc1CNC(=O)[C@H]1CCC(=O)N(C)[C@H]1c1ccc(F)cc1. The van der Waals surface area contributed by atoms with Crippen LogP contribution in [-0.2, 0) is 16.1 Å². The molecule has 0 saturated carbocycles. The number of aryl methyl sites for hydroxylation is 1. The van der Waals surface area contributed by atoms with E-state index in [0.717, 1.165) is 16.7 Å². The molecule has 0 aromatic heterocycles. The van der Waals surface area contributed by atoms with E-state index in [4.69, 9.17) is 0 Å². The minimum atomic E-state index is -0.381. The van der Waals surface area contributed by atoms with Gasteiger partial charge in [-0.05, 0) is 42.2 Å². The van der Waals surface area contributed by atoms with E-state index in [-0.39, 0.29) is 29.6 Å². The van der Waals surface area contributed by atoms with Crippen LogP contribution in [0.15, 0.2) is 48.5 Å². The van der Waals surface area contributed by atoms with Crippen molar-refractivity contribution in [3.63, 3.8) is 0 Å². The summed E-state index contributed by atoms with van der Waals surface area (Å²) in [6.07, 6.45) is 0.835. The van der Waals surface area contributed by atoms with Gasteiger partial charge in [0, 0.05) is 20.0 Å². The summed E-state index contributed by atoms with van der Waals surface area (Å²) in [7, 11) is 1.71. The summed E-state index contributed by atoms with van der Waals surface area (Å²) in [4.78, 5) is 26.6. The molecule has 1 fully saturated rings. The summed E-state index contributed by atoms with van der Waals surface area (Å²) in [6.45, 7) is 2.46. The number of nitrogens with one attached hydrogen (secondary N) is 1. The first-order valence-electron chi connectivity index (χ1n) is 8.80. The molecule has 5 heteroatoms. The number of carbonyl (C=O) groups is 2. The van der Waals surface area contributed by atoms with Crippen LogP contribution in [0.5, 0.6) is 0 Å². The third-order valence-electron chi connectivity index (χ3n) is 5.12. The van der Waals surface area contributed by atoms with Gasteiger partial charge in [-0.1, -0.05) is 36.4 Å². The smallest absolute Gasteiger partial charge is 0.225 e. The van der Waals surface area contributed by atoms with Gasteiger partial charge in [0.15, 0.2) is 0 Å². The van der Waals surface area contributed by atoms with Crippen molar-refractivity contribution in [2.24, 2.45) is 5.92 Å². The molecule has 0 unspecified atom stereocenters. The number of piperidine rings is 1. The first-order valence-corrected chi connectivity index (χ1v) is 8.80. The lowest BCUT2D eigenvalue weighted by atomic mass is 9.84. The van der Waals surface area contributed by atoms with E-state index in [9.17, 15) is 14.0 Å². The quantitative estimate of drug-likeness (QED) is 0.915. The zero-order valence-electron chi connectivity index (χ0n) is 15.0. The predicted molar refractivity (Wildman–Crippen MR) is 97.7 cm³/mol. The van der Waals surface area contributed by atoms with Gasteiger partial charge in [-0.2, -0.15) is 0 Å². The van der Waals surface area contributed by atoms with Gasteiger partial charge in [0.25, 0.3) is 0 Å². The van der Waals surface area contributed by atoms with Crippen LogP contribution >= 0.6 is 0 Å². The second-order valence-electron chi connectivity index (χ2n) is 6.79. The lowest BCUT2D eigenvalue weighted by Crippen LogP contribution is -2.46. The molecular formula is C21H23FN2O2.